The number of carbonyl (C=O) groups excluding carboxylic acids is 2. The molecule has 1 aliphatic rings. The summed E-state index contributed by atoms with van der Waals surface area (Å²) in [5, 5.41) is 0. The van der Waals surface area contributed by atoms with Gasteiger partial charge in [0.05, 0.1) is 0 Å². The molecule has 2 amide bonds. The summed E-state index contributed by atoms with van der Waals surface area (Å²) in [4.78, 5) is 24.0. The normalized spacial score (nSPS) is 19.3. The molecule has 2 aromatic rings. The van der Waals surface area contributed by atoms with Crippen molar-refractivity contribution in [2.24, 2.45) is 5.92 Å². The molecule has 0 aromatic heterocycles. The summed E-state index contributed by atoms with van der Waals surface area (Å²) in [5.41, 5.74) is 7.72. The van der Waals surface area contributed by atoms with E-state index < -0.39 is 0 Å². The molecule has 1 aliphatic carbocycles. The van der Waals surface area contributed by atoms with E-state index in [9.17, 15) is 9.59 Å². The quantitative estimate of drug-likeness (QED) is 0.855. The van der Waals surface area contributed by atoms with E-state index in [1.165, 1.54) is 5.56 Å². The molecule has 0 bridgehead atoms. The van der Waals surface area contributed by atoms with Crippen molar-refractivity contribution in [3.05, 3.63) is 71.3 Å². The molecular weight excluding hydrogens is 276 g/mol. The number of hydrogen-bond donors (Lipinski definition) is 2. The van der Waals surface area contributed by atoms with E-state index in [1.54, 1.807) is 12.1 Å². The summed E-state index contributed by atoms with van der Waals surface area (Å²) in [6, 6.07) is 17.2. The predicted octanol–water partition coefficient (Wildman–Crippen LogP) is 2.56. The fraction of sp³-hybridized carbons (Fsp3) is 0.222. The van der Waals surface area contributed by atoms with Gasteiger partial charge in [-0.3, -0.25) is 20.4 Å². The topological polar surface area (TPSA) is 58.2 Å². The Hall–Kier alpha value is -2.62. The SMILES string of the molecule is Cc1cccc(C(=O)NNC(=O)[C@@H]2C[C@@H]2c2ccccc2)c1. The standard InChI is InChI=1S/C18H18N2O2/c1-12-6-5-9-14(10-12)17(21)19-20-18(22)16-11-15(16)13-7-3-2-4-8-13/h2-10,15-16H,11H2,1H3,(H,19,21)(H,20,22)/t15-,16-/m1/s1. The Labute approximate surface area is 129 Å². The molecule has 0 aliphatic heterocycles. The molecule has 2 N–H and O–H groups in total. The summed E-state index contributed by atoms with van der Waals surface area (Å²) in [6.07, 6.45) is 0.830. The van der Waals surface area contributed by atoms with Crippen LogP contribution in [-0.2, 0) is 4.79 Å². The zero-order valence-electron chi connectivity index (χ0n) is 12.4. The second-order valence-corrected chi connectivity index (χ2v) is 5.67. The summed E-state index contributed by atoms with van der Waals surface area (Å²) in [5.74, 6) is -0.221. The van der Waals surface area contributed by atoms with Crippen molar-refractivity contribution in [1.82, 2.24) is 10.9 Å². The van der Waals surface area contributed by atoms with Gasteiger partial charge in [-0.05, 0) is 37.0 Å². The maximum atomic E-state index is 12.1. The third-order valence-electron chi connectivity index (χ3n) is 3.93. The molecule has 3 rings (SSSR count). The number of benzene rings is 2. The Bertz CT molecular complexity index is 697. The lowest BCUT2D eigenvalue weighted by atomic mass is 10.1. The highest BCUT2D eigenvalue weighted by Gasteiger charge is 2.43. The molecule has 2 aromatic carbocycles. The first-order valence-corrected chi connectivity index (χ1v) is 7.37. The number of hydrogen-bond acceptors (Lipinski definition) is 2. The maximum Gasteiger partial charge on any atom is 0.269 e. The van der Waals surface area contributed by atoms with Crippen molar-refractivity contribution in [2.45, 2.75) is 19.3 Å². The average molecular weight is 294 g/mol. The van der Waals surface area contributed by atoms with E-state index in [2.05, 4.69) is 10.9 Å². The largest absolute Gasteiger partial charge is 0.273 e. The van der Waals surface area contributed by atoms with E-state index in [0.29, 0.717) is 5.56 Å². The Morgan fingerprint density at radius 3 is 2.50 bits per heavy atom. The fourth-order valence-corrected chi connectivity index (χ4v) is 2.62. The molecule has 4 nitrogen and oxygen atoms in total. The van der Waals surface area contributed by atoms with Gasteiger partial charge in [0.1, 0.15) is 0 Å². The number of hydrazine groups is 1. The third kappa shape index (κ3) is 3.17. The van der Waals surface area contributed by atoms with Crippen molar-refractivity contribution in [3.63, 3.8) is 0 Å². The van der Waals surface area contributed by atoms with Gasteiger partial charge in [-0.2, -0.15) is 0 Å². The zero-order valence-corrected chi connectivity index (χ0v) is 12.4. The minimum absolute atomic E-state index is 0.0554. The lowest BCUT2D eigenvalue weighted by Crippen LogP contribution is -2.42. The third-order valence-corrected chi connectivity index (χ3v) is 3.93. The van der Waals surface area contributed by atoms with Crippen LogP contribution < -0.4 is 10.9 Å². The van der Waals surface area contributed by atoms with Gasteiger partial charge in [-0.25, -0.2) is 0 Å². The van der Waals surface area contributed by atoms with Crippen LogP contribution in [0.5, 0.6) is 0 Å². The van der Waals surface area contributed by atoms with Gasteiger partial charge in [-0.1, -0.05) is 48.0 Å². The van der Waals surface area contributed by atoms with E-state index >= 15 is 0 Å². The highest BCUT2D eigenvalue weighted by molar-refractivity contribution is 5.96. The lowest BCUT2D eigenvalue weighted by molar-refractivity contribution is -0.123. The van der Waals surface area contributed by atoms with Crippen LogP contribution >= 0.6 is 0 Å². The van der Waals surface area contributed by atoms with Gasteiger partial charge in [0.25, 0.3) is 5.91 Å². The molecule has 2 atom stereocenters. The minimum atomic E-state index is -0.297. The molecule has 1 fully saturated rings. The number of amides is 2. The smallest absolute Gasteiger partial charge is 0.269 e. The number of aryl methyl sites for hydroxylation is 1. The van der Waals surface area contributed by atoms with Crippen molar-refractivity contribution in [3.8, 4) is 0 Å². The van der Waals surface area contributed by atoms with Gasteiger partial charge >= 0.3 is 0 Å². The van der Waals surface area contributed by atoms with E-state index in [-0.39, 0.29) is 23.7 Å². The van der Waals surface area contributed by atoms with Crippen molar-refractivity contribution >= 4 is 11.8 Å². The van der Waals surface area contributed by atoms with Gasteiger partial charge < -0.3 is 0 Å². The molecule has 0 heterocycles. The van der Waals surface area contributed by atoms with Gasteiger partial charge in [0, 0.05) is 11.5 Å². The lowest BCUT2D eigenvalue weighted by Gasteiger charge is -2.07. The molecule has 112 valence electrons. The zero-order chi connectivity index (χ0) is 15.5. The van der Waals surface area contributed by atoms with Crippen LogP contribution in [0, 0.1) is 12.8 Å². The summed E-state index contributed by atoms with van der Waals surface area (Å²) >= 11 is 0. The van der Waals surface area contributed by atoms with Gasteiger partial charge in [0.2, 0.25) is 5.91 Å². The predicted molar refractivity (Wildman–Crippen MR) is 84.1 cm³/mol. The molecule has 4 heteroatoms. The monoisotopic (exact) mass is 294 g/mol. The molecule has 1 saturated carbocycles. The molecule has 0 unspecified atom stereocenters. The number of rotatable bonds is 3. The van der Waals surface area contributed by atoms with Gasteiger partial charge in [-0.15, -0.1) is 0 Å². The van der Waals surface area contributed by atoms with Crippen molar-refractivity contribution in [1.29, 1.82) is 0 Å². The first kappa shape index (κ1) is 14.3. The van der Waals surface area contributed by atoms with Crippen molar-refractivity contribution in [2.75, 3.05) is 0 Å². The van der Waals surface area contributed by atoms with Gasteiger partial charge in [0.15, 0.2) is 0 Å². The van der Waals surface area contributed by atoms with Crippen LogP contribution in [0.2, 0.25) is 0 Å². The second-order valence-electron chi connectivity index (χ2n) is 5.67. The number of nitrogens with one attached hydrogen (secondary N) is 2. The van der Waals surface area contributed by atoms with Crippen LogP contribution in [-0.4, -0.2) is 11.8 Å². The molecule has 22 heavy (non-hydrogen) atoms. The second kappa shape index (κ2) is 6.02. The highest BCUT2D eigenvalue weighted by atomic mass is 16.2. The Morgan fingerprint density at radius 2 is 1.77 bits per heavy atom. The Kier molecular flexibility index (Phi) is 3.92. The maximum absolute atomic E-state index is 12.1. The Balaban J connectivity index is 1.52. The summed E-state index contributed by atoms with van der Waals surface area (Å²) < 4.78 is 0. The van der Waals surface area contributed by atoms with Crippen LogP contribution in [0.15, 0.2) is 54.6 Å². The fourth-order valence-electron chi connectivity index (χ4n) is 2.62. The summed E-state index contributed by atoms with van der Waals surface area (Å²) in [7, 11) is 0. The van der Waals surface area contributed by atoms with Crippen LogP contribution in [0.3, 0.4) is 0 Å². The molecule has 0 radical (unpaired) electrons. The molecule has 0 spiro atoms. The summed E-state index contributed by atoms with van der Waals surface area (Å²) in [6.45, 7) is 1.92. The number of carbonyl (C=O) groups is 2. The van der Waals surface area contributed by atoms with Crippen LogP contribution in [0.1, 0.15) is 33.8 Å². The van der Waals surface area contributed by atoms with E-state index in [1.807, 2.05) is 49.4 Å². The average Bonchev–Trinajstić information content (AvgIpc) is 3.34. The van der Waals surface area contributed by atoms with Crippen LogP contribution in [0.4, 0.5) is 0 Å². The first-order chi connectivity index (χ1) is 10.6. The minimum Gasteiger partial charge on any atom is -0.273 e. The molecular formula is C18H18N2O2. The highest BCUT2D eigenvalue weighted by Crippen LogP contribution is 2.47. The first-order valence-electron chi connectivity index (χ1n) is 7.37. The van der Waals surface area contributed by atoms with E-state index in [0.717, 1.165) is 12.0 Å². The van der Waals surface area contributed by atoms with Crippen molar-refractivity contribution < 1.29 is 9.59 Å². The van der Waals surface area contributed by atoms with E-state index in [4.69, 9.17) is 0 Å². The molecule has 0 saturated heterocycles. The van der Waals surface area contributed by atoms with Crippen LogP contribution in [0.25, 0.3) is 0 Å². The Morgan fingerprint density at radius 1 is 1.00 bits per heavy atom.